The lowest BCUT2D eigenvalue weighted by molar-refractivity contribution is -0.120. The van der Waals surface area contributed by atoms with Gasteiger partial charge in [0.1, 0.15) is 5.82 Å². The molecule has 5 nitrogen and oxygen atoms in total. The summed E-state index contributed by atoms with van der Waals surface area (Å²) in [5.41, 5.74) is 5.70. The van der Waals surface area contributed by atoms with Gasteiger partial charge in [0, 0.05) is 19.7 Å². The first kappa shape index (κ1) is 9.21. The van der Waals surface area contributed by atoms with Crippen LogP contribution in [0.25, 0.3) is 0 Å². The first-order chi connectivity index (χ1) is 6.70. The number of anilines is 1. The van der Waals surface area contributed by atoms with Crippen LogP contribution in [0.5, 0.6) is 0 Å². The maximum Gasteiger partial charge on any atom is 0.245 e. The first-order valence-electron chi connectivity index (χ1n) is 4.75. The van der Waals surface area contributed by atoms with Crippen molar-refractivity contribution in [3.8, 4) is 0 Å². The van der Waals surface area contributed by atoms with E-state index in [0.717, 1.165) is 25.2 Å². The zero-order chi connectivity index (χ0) is 10.1. The molecule has 0 bridgehead atoms. The normalized spacial score (nSPS) is 22.9. The molecule has 76 valence electrons. The molecule has 1 amide bonds. The van der Waals surface area contributed by atoms with E-state index >= 15 is 0 Å². The Morgan fingerprint density at radius 2 is 2.43 bits per heavy atom. The number of nitrogens with zero attached hydrogens (tertiary/aromatic N) is 3. The fraction of sp³-hybridized carbons (Fsp3) is 0.556. The number of amides is 1. The number of nitrogens with two attached hydrogens (primary N) is 1. The molecule has 0 radical (unpaired) electrons. The third kappa shape index (κ3) is 1.39. The number of hydrogen-bond acceptors (Lipinski definition) is 3. The lowest BCUT2D eigenvalue weighted by atomic mass is 10.1. The van der Waals surface area contributed by atoms with Crippen molar-refractivity contribution in [2.75, 3.05) is 11.4 Å². The smallest absolute Gasteiger partial charge is 0.245 e. The highest BCUT2D eigenvalue weighted by atomic mass is 16.2. The Morgan fingerprint density at radius 1 is 1.64 bits per heavy atom. The third-order valence-electron chi connectivity index (χ3n) is 2.55. The van der Waals surface area contributed by atoms with E-state index in [1.54, 1.807) is 15.8 Å². The van der Waals surface area contributed by atoms with Crippen molar-refractivity contribution in [2.45, 2.75) is 18.9 Å². The van der Waals surface area contributed by atoms with Crippen LogP contribution in [0.1, 0.15) is 12.8 Å². The molecular weight excluding hydrogens is 180 g/mol. The Balaban J connectivity index is 2.26. The summed E-state index contributed by atoms with van der Waals surface area (Å²) in [6.45, 7) is 0.742. The van der Waals surface area contributed by atoms with Crippen LogP contribution < -0.4 is 10.6 Å². The van der Waals surface area contributed by atoms with Gasteiger partial charge in [-0.25, -0.2) is 0 Å². The van der Waals surface area contributed by atoms with E-state index in [1.165, 1.54) is 0 Å². The monoisotopic (exact) mass is 194 g/mol. The van der Waals surface area contributed by atoms with Crippen LogP contribution in [0.4, 0.5) is 5.82 Å². The van der Waals surface area contributed by atoms with Gasteiger partial charge in [0.05, 0.1) is 12.2 Å². The molecule has 1 aromatic rings. The lowest BCUT2D eigenvalue weighted by Crippen LogP contribution is -2.49. The van der Waals surface area contributed by atoms with Crippen LogP contribution in [0.3, 0.4) is 0 Å². The summed E-state index contributed by atoms with van der Waals surface area (Å²) in [5, 5.41) is 4.03. The van der Waals surface area contributed by atoms with E-state index in [4.69, 9.17) is 5.73 Å². The van der Waals surface area contributed by atoms with Gasteiger partial charge < -0.3 is 5.73 Å². The van der Waals surface area contributed by atoms with E-state index in [2.05, 4.69) is 5.10 Å². The van der Waals surface area contributed by atoms with Gasteiger partial charge in [-0.3, -0.25) is 14.4 Å². The largest absolute Gasteiger partial charge is 0.320 e. The first-order valence-corrected chi connectivity index (χ1v) is 4.75. The van der Waals surface area contributed by atoms with Crippen LogP contribution in [-0.4, -0.2) is 28.3 Å². The number of rotatable bonds is 1. The van der Waals surface area contributed by atoms with Crippen molar-refractivity contribution in [1.82, 2.24) is 9.78 Å². The SMILES string of the molecule is Cn1nccc1N1CCCC(N)C1=O. The molecule has 1 atom stereocenters. The Bertz CT molecular complexity index is 346. The Morgan fingerprint density at radius 3 is 3.07 bits per heavy atom. The minimum absolute atomic E-state index is 0.000139. The molecule has 5 heteroatoms. The van der Waals surface area contributed by atoms with Gasteiger partial charge in [-0.15, -0.1) is 0 Å². The highest BCUT2D eigenvalue weighted by molar-refractivity contribution is 5.97. The summed E-state index contributed by atoms with van der Waals surface area (Å²) >= 11 is 0. The summed E-state index contributed by atoms with van der Waals surface area (Å²) in [6.07, 6.45) is 3.42. The topological polar surface area (TPSA) is 64.2 Å². The Kier molecular flexibility index (Phi) is 2.25. The van der Waals surface area contributed by atoms with E-state index in [-0.39, 0.29) is 11.9 Å². The van der Waals surface area contributed by atoms with Crippen LogP contribution >= 0.6 is 0 Å². The Hall–Kier alpha value is -1.36. The summed E-state index contributed by atoms with van der Waals surface area (Å²) in [6, 6.07) is 1.48. The maximum absolute atomic E-state index is 11.7. The van der Waals surface area contributed by atoms with E-state index in [9.17, 15) is 4.79 Å². The molecule has 0 saturated carbocycles. The van der Waals surface area contributed by atoms with Gasteiger partial charge in [-0.2, -0.15) is 5.10 Å². The average molecular weight is 194 g/mol. The van der Waals surface area contributed by atoms with Crippen LogP contribution in [0.2, 0.25) is 0 Å². The second kappa shape index (κ2) is 3.42. The number of aryl methyl sites for hydroxylation is 1. The minimum Gasteiger partial charge on any atom is -0.320 e. The van der Waals surface area contributed by atoms with Gasteiger partial charge in [0.2, 0.25) is 5.91 Å². The molecule has 2 N–H and O–H groups in total. The van der Waals surface area contributed by atoms with Crippen molar-refractivity contribution < 1.29 is 4.79 Å². The van der Waals surface area contributed by atoms with Crippen molar-refractivity contribution in [2.24, 2.45) is 12.8 Å². The average Bonchev–Trinajstić information content (AvgIpc) is 2.57. The lowest BCUT2D eigenvalue weighted by Gasteiger charge is -2.29. The minimum atomic E-state index is -0.348. The fourth-order valence-corrected chi connectivity index (χ4v) is 1.76. The molecule has 14 heavy (non-hydrogen) atoms. The molecular formula is C9H14N4O. The molecule has 0 aromatic carbocycles. The number of carbonyl (C=O) groups excluding carboxylic acids is 1. The van der Waals surface area contributed by atoms with Crippen molar-refractivity contribution in [3.63, 3.8) is 0 Å². The van der Waals surface area contributed by atoms with Gasteiger partial charge in [0.25, 0.3) is 0 Å². The Labute approximate surface area is 82.5 Å². The zero-order valence-corrected chi connectivity index (χ0v) is 8.18. The molecule has 1 aliphatic rings. The molecule has 0 aliphatic carbocycles. The summed E-state index contributed by atoms with van der Waals surface area (Å²) in [5.74, 6) is 0.824. The number of piperidine rings is 1. The molecule has 0 spiro atoms. The third-order valence-corrected chi connectivity index (χ3v) is 2.55. The summed E-state index contributed by atoms with van der Waals surface area (Å²) in [4.78, 5) is 13.4. The quantitative estimate of drug-likeness (QED) is 0.677. The molecule has 1 fully saturated rings. The van der Waals surface area contributed by atoms with Crippen molar-refractivity contribution >= 4 is 11.7 Å². The van der Waals surface area contributed by atoms with Gasteiger partial charge in [-0.1, -0.05) is 0 Å². The predicted molar refractivity (Wildman–Crippen MR) is 52.8 cm³/mol. The van der Waals surface area contributed by atoms with Crippen LogP contribution in [0.15, 0.2) is 12.3 Å². The molecule has 1 unspecified atom stereocenters. The second-order valence-corrected chi connectivity index (χ2v) is 3.55. The van der Waals surface area contributed by atoms with Crippen molar-refractivity contribution in [3.05, 3.63) is 12.3 Å². The second-order valence-electron chi connectivity index (χ2n) is 3.55. The molecule has 1 aliphatic heterocycles. The summed E-state index contributed by atoms with van der Waals surface area (Å²) < 4.78 is 1.69. The van der Waals surface area contributed by atoms with E-state index in [0.29, 0.717) is 0 Å². The number of carbonyl (C=O) groups is 1. The van der Waals surface area contributed by atoms with Gasteiger partial charge >= 0.3 is 0 Å². The standard InChI is InChI=1S/C9H14N4O/c1-12-8(4-5-11-12)13-6-2-3-7(10)9(13)14/h4-5,7H,2-3,6,10H2,1H3. The number of hydrogen-bond donors (Lipinski definition) is 1. The predicted octanol–water partition coefficient (Wildman–Crippen LogP) is -0.126. The summed E-state index contributed by atoms with van der Waals surface area (Å²) in [7, 11) is 1.82. The molecule has 1 saturated heterocycles. The van der Waals surface area contributed by atoms with E-state index < -0.39 is 0 Å². The fourth-order valence-electron chi connectivity index (χ4n) is 1.76. The van der Waals surface area contributed by atoms with Crippen LogP contribution in [-0.2, 0) is 11.8 Å². The molecule has 2 rings (SSSR count). The van der Waals surface area contributed by atoms with Gasteiger partial charge in [0.15, 0.2) is 0 Å². The van der Waals surface area contributed by atoms with Gasteiger partial charge in [-0.05, 0) is 12.8 Å². The van der Waals surface area contributed by atoms with Crippen molar-refractivity contribution in [1.29, 1.82) is 0 Å². The van der Waals surface area contributed by atoms with Crippen LogP contribution in [0, 0.1) is 0 Å². The highest BCUT2D eigenvalue weighted by Crippen LogP contribution is 2.18. The molecule has 2 heterocycles. The number of aromatic nitrogens is 2. The maximum atomic E-state index is 11.7. The molecule has 1 aromatic heterocycles. The highest BCUT2D eigenvalue weighted by Gasteiger charge is 2.27. The van der Waals surface area contributed by atoms with E-state index in [1.807, 2.05) is 13.1 Å². The zero-order valence-electron chi connectivity index (χ0n) is 8.18.